The lowest BCUT2D eigenvalue weighted by atomic mass is 10.1. The van der Waals surface area contributed by atoms with Crippen LogP contribution in [0, 0.1) is 6.92 Å². The predicted octanol–water partition coefficient (Wildman–Crippen LogP) is 3.44. The zero-order valence-electron chi connectivity index (χ0n) is 15.1. The zero-order valence-corrected chi connectivity index (χ0v) is 18.2. The van der Waals surface area contributed by atoms with Crippen LogP contribution in [0.2, 0.25) is 0 Å². The van der Waals surface area contributed by atoms with Gasteiger partial charge >= 0.3 is 0 Å². The molecule has 4 nitrogen and oxygen atoms in total. The smallest absolute Gasteiger partial charge is 0.194 e. The third-order valence-corrected chi connectivity index (χ3v) is 5.23. The number of aryl methyl sites for hydroxylation is 1. The molecule has 0 aliphatic carbocycles. The number of guanidine groups is 1. The standard InChI is InChI=1S/C18H29N3OS.HI/c1-5-19-17(21-10-11-23-18(3,4)13-21)20-12-16(22)15-8-6-14(2)7-9-15;/h6-9,16,22H,5,10-13H2,1-4H3,(H,19,20);1H. The highest BCUT2D eigenvalue weighted by Crippen LogP contribution is 2.29. The summed E-state index contributed by atoms with van der Waals surface area (Å²) < 4.78 is 0.240. The molecule has 1 aromatic rings. The fraction of sp³-hybridized carbons (Fsp3) is 0.611. The van der Waals surface area contributed by atoms with Crippen molar-refractivity contribution in [3.8, 4) is 0 Å². The van der Waals surface area contributed by atoms with Crippen LogP contribution in [0.4, 0.5) is 0 Å². The number of hydrogen-bond donors (Lipinski definition) is 2. The van der Waals surface area contributed by atoms with E-state index in [-0.39, 0.29) is 28.7 Å². The average Bonchev–Trinajstić information content (AvgIpc) is 2.50. The molecular formula is C18H30IN3OS. The first kappa shape index (κ1) is 21.6. The first-order chi connectivity index (χ1) is 10.9. The van der Waals surface area contributed by atoms with Gasteiger partial charge in [-0.3, -0.25) is 4.99 Å². The summed E-state index contributed by atoms with van der Waals surface area (Å²) >= 11 is 2.01. The lowest BCUT2D eigenvalue weighted by Gasteiger charge is -2.39. The number of thioether (sulfide) groups is 1. The summed E-state index contributed by atoms with van der Waals surface area (Å²) in [5, 5.41) is 13.7. The third kappa shape index (κ3) is 6.44. The van der Waals surface area contributed by atoms with Crippen LogP contribution in [0.5, 0.6) is 0 Å². The fourth-order valence-electron chi connectivity index (χ4n) is 2.69. The lowest BCUT2D eigenvalue weighted by Crippen LogP contribution is -2.51. The maximum absolute atomic E-state index is 10.4. The van der Waals surface area contributed by atoms with E-state index in [1.807, 2.05) is 43.0 Å². The van der Waals surface area contributed by atoms with Crippen molar-refractivity contribution in [1.82, 2.24) is 10.2 Å². The van der Waals surface area contributed by atoms with Gasteiger partial charge in [0, 0.05) is 30.1 Å². The molecule has 0 spiro atoms. The van der Waals surface area contributed by atoms with Crippen molar-refractivity contribution in [3.05, 3.63) is 35.4 Å². The second-order valence-corrected chi connectivity index (χ2v) is 8.45. The number of nitrogens with zero attached hydrogens (tertiary/aromatic N) is 2. The van der Waals surface area contributed by atoms with Crippen LogP contribution >= 0.6 is 35.7 Å². The quantitative estimate of drug-likeness (QED) is 0.408. The van der Waals surface area contributed by atoms with Crippen LogP contribution in [0.25, 0.3) is 0 Å². The summed E-state index contributed by atoms with van der Waals surface area (Å²) in [4.78, 5) is 6.98. The molecule has 6 heteroatoms. The van der Waals surface area contributed by atoms with Gasteiger partial charge < -0.3 is 15.3 Å². The lowest BCUT2D eigenvalue weighted by molar-refractivity contribution is 0.186. The van der Waals surface area contributed by atoms with Crippen molar-refractivity contribution >= 4 is 41.7 Å². The Bertz CT molecular complexity index is 534. The monoisotopic (exact) mass is 463 g/mol. The minimum Gasteiger partial charge on any atom is -0.386 e. The molecule has 1 aliphatic rings. The van der Waals surface area contributed by atoms with Crippen molar-refractivity contribution in [3.63, 3.8) is 0 Å². The summed E-state index contributed by atoms with van der Waals surface area (Å²) in [6.45, 7) is 11.9. The van der Waals surface area contributed by atoms with E-state index < -0.39 is 6.10 Å². The second-order valence-electron chi connectivity index (χ2n) is 6.65. The Kier molecular flexibility index (Phi) is 8.87. The van der Waals surface area contributed by atoms with Gasteiger partial charge in [0.15, 0.2) is 5.96 Å². The van der Waals surface area contributed by atoms with E-state index in [2.05, 4.69) is 36.0 Å². The first-order valence-electron chi connectivity index (χ1n) is 8.33. The van der Waals surface area contributed by atoms with Gasteiger partial charge in [-0.2, -0.15) is 11.8 Å². The Labute approximate surface area is 167 Å². The summed E-state index contributed by atoms with van der Waals surface area (Å²) in [6.07, 6.45) is -0.559. The Balaban J connectivity index is 0.00000288. The number of nitrogens with one attached hydrogen (secondary N) is 1. The molecule has 1 heterocycles. The molecule has 1 aliphatic heterocycles. The summed E-state index contributed by atoms with van der Waals surface area (Å²) in [5.41, 5.74) is 2.12. The van der Waals surface area contributed by atoms with E-state index in [1.165, 1.54) is 5.56 Å². The molecule has 1 fully saturated rings. The maximum atomic E-state index is 10.4. The van der Waals surface area contributed by atoms with Crippen LogP contribution in [-0.2, 0) is 0 Å². The summed E-state index contributed by atoms with van der Waals surface area (Å²) in [6, 6.07) is 8.00. The molecule has 0 bridgehead atoms. The van der Waals surface area contributed by atoms with Gasteiger partial charge in [0.25, 0.3) is 0 Å². The number of aliphatic imine (C=N–C) groups is 1. The highest BCUT2D eigenvalue weighted by Gasteiger charge is 2.28. The molecule has 136 valence electrons. The van der Waals surface area contributed by atoms with Crippen LogP contribution in [0.1, 0.15) is 38.0 Å². The van der Waals surface area contributed by atoms with Crippen molar-refractivity contribution < 1.29 is 5.11 Å². The number of hydrogen-bond acceptors (Lipinski definition) is 3. The van der Waals surface area contributed by atoms with Gasteiger partial charge in [-0.25, -0.2) is 0 Å². The van der Waals surface area contributed by atoms with E-state index in [0.29, 0.717) is 6.54 Å². The Morgan fingerprint density at radius 3 is 2.62 bits per heavy atom. The van der Waals surface area contributed by atoms with Crippen molar-refractivity contribution in [2.75, 3.05) is 31.9 Å². The average molecular weight is 463 g/mol. The van der Waals surface area contributed by atoms with Crippen LogP contribution in [0.15, 0.2) is 29.3 Å². The minimum absolute atomic E-state index is 0. The molecule has 2 rings (SSSR count). The Hall–Kier alpha value is -0.470. The molecule has 0 amide bonds. The molecule has 2 N–H and O–H groups in total. The number of benzene rings is 1. The van der Waals surface area contributed by atoms with E-state index in [1.54, 1.807) is 0 Å². The van der Waals surface area contributed by atoms with Gasteiger partial charge in [-0.05, 0) is 33.3 Å². The van der Waals surface area contributed by atoms with Gasteiger partial charge in [-0.15, -0.1) is 24.0 Å². The SMILES string of the molecule is CCNC(=NCC(O)c1ccc(C)cc1)N1CCSC(C)(C)C1.I. The fourth-order valence-corrected chi connectivity index (χ4v) is 3.80. The molecule has 24 heavy (non-hydrogen) atoms. The molecule has 0 aromatic heterocycles. The normalized spacial score (nSPS) is 18.7. The maximum Gasteiger partial charge on any atom is 0.194 e. The van der Waals surface area contributed by atoms with Crippen LogP contribution < -0.4 is 5.32 Å². The Morgan fingerprint density at radius 1 is 1.38 bits per heavy atom. The summed E-state index contributed by atoms with van der Waals surface area (Å²) in [7, 11) is 0. The first-order valence-corrected chi connectivity index (χ1v) is 9.31. The van der Waals surface area contributed by atoms with Gasteiger partial charge in [-0.1, -0.05) is 29.8 Å². The molecule has 1 saturated heterocycles. The van der Waals surface area contributed by atoms with Crippen molar-refractivity contribution in [2.45, 2.75) is 38.5 Å². The Morgan fingerprint density at radius 2 is 2.04 bits per heavy atom. The second kappa shape index (κ2) is 9.87. The number of aliphatic hydroxyl groups is 1. The van der Waals surface area contributed by atoms with E-state index in [0.717, 1.165) is 36.9 Å². The molecule has 1 unspecified atom stereocenters. The van der Waals surface area contributed by atoms with Gasteiger partial charge in [0.1, 0.15) is 0 Å². The molecular weight excluding hydrogens is 433 g/mol. The molecule has 1 aromatic carbocycles. The van der Waals surface area contributed by atoms with Crippen molar-refractivity contribution in [1.29, 1.82) is 0 Å². The highest BCUT2D eigenvalue weighted by molar-refractivity contribution is 14.0. The van der Waals surface area contributed by atoms with E-state index >= 15 is 0 Å². The molecule has 0 radical (unpaired) electrons. The summed E-state index contributed by atoms with van der Waals surface area (Å²) in [5.74, 6) is 2.02. The zero-order chi connectivity index (χ0) is 16.9. The van der Waals surface area contributed by atoms with E-state index in [4.69, 9.17) is 0 Å². The largest absolute Gasteiger partial charge is 0.386 e. The van der Waals surface area contributed by atoms with Crippen molar-refractivity contribution in [2.24, 2.45) is 4.99 Å². The van der Waals surface area contributed by atoms with Crippen LogP contribution in [0.3, 0.4) is 0 Å². The van der Waals surface area contributed by atoms with Crippen LogP contribution in [-0.4, -0.2) is 52.6 Å². The van der Waals surface area contributed by atoms with E-state index in [9.17, 15) is 5.11 Å². The molecule has 1 atom stereocenters. The number of rotatable bonds is 4. The predicted molar refractivity (Wildman–Crippen MR) is 116 cm³/mol. The van der Waals surface area contributed by atoms with Gasteiger partial charge in [0.2, 0.25) is 0 Å². The topological polar surface area (TPSA) is 47.9 Å². The third-order valence-electron chi connectivity index (χ3n) is 3.94. The minimum atomic E-state index is -0.559. The number of aliphatic hydroxyl groups excluding tert-OH is 1. The number of halogens is 1. The highest BCUT2D eigenvalue weighted by atomic mass is 127. The molecule has 0 saturated carbocycles. The van der Waals surface area contributed by atoms with Gasteiger partial charge in [0.05, 0.1) is 12.6 Å².